The molecular weight excluding hydrogens is 540 g/mol. The van der Waals surface area contributed by atoms with E-state index in [4.69, 9.17) is 18.9 Å². The summed E-state index contributed by atoms with van der Waals surface area (Å²) in [6.45, 7) is 2.33. The normalized spacial score (nSPS) is 17.4. The van der Waals surface area contributed by atoms with Crippen LogP contribution in [0.2, 0.25) is 0 Å². The summed E-state index contributed by atoms with van der Waals surface area (Å²) >= 11 is 0. The average Bonchev–Trinajstić information content (AvgIpc) is 2.93. The fraction of sp³-hybridized carbons (Fsp3) is 0.556. The first-order valence-corrected chi connectivity index (χ1v) is 12.8. The third-order valence-electron chi connectivity index (χ3n) is 6.44. The summed E-state index contributed by atoms with van der Waals surface area (Å²) in [5, 5.41) is 0. The molecule has 3 rings (SSSR count). The minimum absolute atomic E-state index is 0.137. The minimum Gasteiger partial charge on any atom is -0.487 e. The summed E-state index contributed by atoms with van der Waals surface area (Å²) in [5.41, 5.74) is -0.859. The maximum atomic E-state index is 14.4. The van der Waals surface area contributed by atoms with Gasteiger partial charge in [0.05, 0.1) is 32.0 Å². The second kappa shape index (κ2) is 14.0. The van der Waals surface area contributed by atoms with Gasteiger partial charge in [-0.05, 0) is 50.4 Å². The van der Waals surface area contributed by atoms with Crippen molar-refractivity contribution in [2.45, 2.75) is 59.0 Å². The highest BCUT2D eigenvalue weighted by Gasteiger charge is 2.31. The van der Waals surface area contributed by atoms with Gasteiger partial charge in [-0.25, -0.2) is 8.78 Å². The predicted octanol–water partition coefficient (Wildman–Crippen LogP) is 7.78. The van der Waals surface area contributed by atoms with Crippen LogP contribution >= 0.6 is 0 Å². The lowest BCUT2D eigenvalue weighted by Crippen LogP contribution is -2.24. The van der Waals surface area contributed by atoms with Gasteiger partial charge in [0.25, 0.3) is 0 Å². The number of benzene rings is 2. The van der Waals surface area contributed by atoms with Gasteiger partial charge >= 0.3 is 0 Å². The van der Waals surface area contributed by atoms with E-state index in [9.17, 15) is 35.1 Å². The van der Waals surface area contributed by atoms with Crippen LogP contribution in [0.4, 0.5) is 35.1 Å². The van der Waals surface area contributed by atoms with E-state index in [0.717, 1.165) is 0 Å². The van der Waals surface area contributed by atoms with Crippen LogP contribution in [-0.2, 0) is 11.3 Å². The Bertz CT molecular complexity index is 1080. The van der Waals surface area contributed by atoms with Gasteiger partial charge in [-0.15, -0.1) is 0 Å². The van der Waals surface area contributed by atoms with E-state index in [1.165, 1.54) is 0 Å². The van der Waals surface area contributed by atoms with Crippen molar-refractivity contribution in [3.63, 3.8) is 0 Å². The Hall–Kier alpha value is -2.76. The third kappa shape index (κ3) is 7.06. The Morgan fingerprint density at radius 2 is 0.872 bits per heavy atom. The summed E-state index contributed by atoms with van der Waals surface area (Å²) in [7, 11) is 0. The van der Waals surface area contributed by atoms with E-state index >= 15 is 0 Å². The standard InChI is InChI=1S/C27H30F8O4/c1-3-9-36-13-16-17(28)19(30)26(20(31)18(16)29)38-11-14-5-7-15(8-6-14)12-39-27-23(34)21(32)25(37-10-4-2)22(33)24(27)35/h14-15H,3-13H2,1-2H3. The molecule has 0 saturated heterocycles. The molecule has 0 radical (unpaired) electrons. The van der Waals surface area contributed by atoms with E-state index in [0.29, 0.717) is 38.5 Å². The van der Waals surface area contributed by atoms with Crippen molar-refractivity contribution in [3.05, 3.63) is 52.1 Å². The van der Waals surface area contributed by atoms with Gasteiger partial charge in [0.1, 0.15) is 0 Å². The molecule has 0 aliphatic heterocycles. The molecule has 0 aromatic heterocycles. The molecule has 0 N–H and O–H groups in total. The Balaban J connectivity index is 1.55. The van der Waals surface area contributed by atoms with Crippen molar-refractivity contribution in [2.24, 2.45) is 11.8 Å². The molecule has 0 atom stereocenters. The monoisotopic (exact) mass is 570 g/mol. The van der Waals surface area contributed by atoms with Crippen LogP contribution in [0.5, 0.6) is 17.2 Å². The summed E-state index contributed by atoms with van der Waals surface area (Å²) in [6.07, 6.45) is 2.65. The molecule has 0 bridgehead atoms. The van der Waals surface area contributed by atoms with Crippen LogP contribution in [0.1, 0.15) is 57.9 Å². The molecule has 1 aliphatic carbocycles. The highest BCUT2D eigenvalue weighted by Crippen LogP contribution is 2.37. The zero-order valence-corrected chi connectivity index (χ0v) is 21.6. The SMILES string of the molecule is CCCOCc1c(F)c(F)c(OCC2CCC(COc3c(F)c(F)c(OCCC)c(F)c3F)CC2)c(F)c1F. The predicted molar refractivity (Wildman–Crippen MR) is 125 cm³/mol. The van der Waals surface area contributed by atoms with Gasteiger partial charge in [0.15, 0.2) is 28.9 Å². The number of hydrogen-bond donors (Lipinski definition) is 0. The second-order valence-corrected chi connectivity index (χ2v) is 9.39. The minimum atomic E-state index is -1.70. The van der Waals surface area contributed by atoms with Crippen LogP contribution in [0, 0.1) is 58.4 Å². The lowest BCUT2D eigenvalue weighted by atomic mass is 9.83. The fourth-order valence-electron chi connectivity index (χ4n) is 4.25. The molecule has 0 heterocycles. The third-order valence-corrected chi connectivity index (χ3v) is 6.44. The van der Waals surface area contributed by atoms with Crippen LogP contribution < -0.4 is 14.2 Å². The number of halogens is 8. The summed E-state index contributed by atoms with van der Waals surface area (Å²) in [5.74, 6) is -17.2. The quantitative estimate of drug-likeness (QED) is 0.140. The lowest BCUT2D eigenvalue weighted by Gasteiger charge is -2.28. The first kappa shape index (κ1) is 30.8. The fourth-order valence-corrected chi connectivity index (χ4v) is 4.25. The molecular formula is C27H30F8O4. The number of hydrogen-bond acceptors (Lipinski definition) is 4. The van der Waals surface area contributed by atoms with Gasteiger partial charge in [-0.3, -0.25) is 0 Å². The van der Waals surface area contributed by atoms with Crippen molar-refractivity contribution in [1.82, 2.24) is 0 Å². The molecule has 2 aromatic carbocycles. The van der Waals surface area contributed by atoms with Gasteiger partial charge in [-0.2, -0.15) is 26.3 Å². The van der Waals surface area contributed by atoms with Gasteiger partial charge in [0, 0.05) is 6.61 Å². The molecule has 218 valence electrons. The lowest BCUT2D eigenvalue weighted by molar-refractivity contribution is 0.113. The number of rotatable bonds is 13. The highest BCUT2D eigenvalue weighted by atomic mass is 19.2. The van der Waals surface area contributed by atoms with E-state index in [1.807, 2.05) is 0 Å². The molecule has 4 nitrogen and oxygen atoms in total. The Labute approximate surface area is 221 Å². The van der Waals surface area contributed by atoms with Crippen molar-refractivity contribution in [3.8, 4) is 17.2 Å². The van der Waals surface area contributed by atoms with Crippen molar-refractivity contribution in [2.75, 3.05) is 26.4 Å². The molecule has 2 aromatic rings. The van der Waals surface area contributed by atoms with Crippen LogP contribution in [0.3, 0.4) is 0 Å². The molecule has 1 saturated carbocycles. The second-order valence-electron chi connectivity index (χ2n) is 9.39. The van der Waals surface area contributed by atoms with E-state index < -0.39 is 76.0 Å². The summed E-state index contributed by atoms with van der Waals surface area (Å²) in [6, 6.07) is 0. The first-order valence-electron chi connectivity index (χ1n) is 12.8. The number of ether oxygens (including phenoxy) is 4. The Morgan fingerprint density at radius 3 is 1.26 bits per heavy atom. The van der Waals surface area contributed by atoms with Gasteiger partial charge in [-0.1, -0.05) is 13.8 Å². The van der Waals surface area contributed by atoms with Crippen molar-refractivity contribution < 1.29 is 54.1 Å². The van der Waals surface area contributed by atoms with Crippen LogP contribution in [0.25, 0.3) is 0 Å². The smallest absolute Gasteiger partial charge is 0.207 e. The molecule has 0 spiro atoms. The molecule has 1 fully saturated rings. The van der Waals surface area contributed by atoms with Crippen molar-refractivity contribution >= 4 is 0 Å². The maximum absolute atomic E-state index is 14.4. The maximum Gasteiger partial charge on any atom is 0.207 e. The average molecular weight is 571 g/mol. The largest absolute Gasteiger partial charge is 0.487 e. The summed E-state index contributed by atoms with van der Waals surface area (Å²) in [4.78, 5) is 0. The highest BCUT2D eigenvalue weighted by molar-refractivity contribution is 5.38. The van der Waals surface area contributed by atoms with E-state index in [1.54, 1.807) is 13.8 Å². The Morgan fingerprint density at radius 1 is 0.513 bits per heavy atom. The molecule has 1 aliphatic rings. The Kier molecular flexibility index (Phi) is 11.1. The van der Waals surface area contributed by atoms with Crippen LogP contribution in [0.15, 0.2) is 0 Å². The molecule has 39 heavy (non-hydrogen) atoms. The topological polar surface area (TPSA) is 36.9 Å². The van der Waals surface area contributed by atoms with E-state index in [-0.39, 0.29) is 38.3 Å². The first-order chi connectivity index (χ1) is 18.6. The molecule has 0 amide bonds. The van der Waals surface area contributed by atoms with Crippen LogP contribution in [-0.4, -0.2) is 26.4 Å². The summed E-state index contributed by atoms with van der Waals surface area (Å²) < 4.78 is 134. The zero-order valence-electron chi connectivity index (χ0n) is 21.6. The van der Waals surface area contributed by atoms with Gasteiger partial charge < -0.3 is 18.9 Å². The molecule has 12 heteroatoms. The van der Waals surface area contributed by atoms with E-state index in [2.05, 4.69) is 0 Å². The van der Waals surface area contributed by atoms with Crippen molar-refractivity contribution in [1.29, 1.82) is 0 Å². The zero-order chi connectivity index (χ0) is 28.7. The molecule has 0 unspecified atom stereocenters. The van der Waals surface area contributed by atoms with Gasteiger partial charge in [0.2, 0.25) is 34.9 Å².